The summed E-state index contributed by atoms with van der Waals surface area (Å²) < 4.78 is 6.50. The molecule has 3 heteroatoms. The second kappa shape index (κ2) is 7.62. The molecule has 0 spiro atoms. The molecular weight excluding hydrogens is 286 g/mol. The third kappa shape index (κ3) is 5.08. The van der Waals surface area contributed by atoms with Crippen molar-refractivity contribution >= 4 is 0 Å². The van der Waals surface area contributed by atoms with E-state index in [0.29, 0.717) is 19.2 Å². The van der Waals surface area contributed by atoms with Crippen LogP contribution in [0.15, 0.2) is 54.6 Å². The van der Waals surface area contributed by atoms with Crippen LogP contribution >= 0.6 is 0 Å². The van der Waals surface area contributed by atoms with Gasteiger partial charge in [-0.15, -0.1) is 0 Å². The molecule has 0 saturated carbocycles. The summed E-state index contributed by atoms with van der Waals surface area (Å²) in [5.41, 5.74) is 2.35. The number of benzene rings is 2. The molecule has 0 aliphatic heterocycles. The van der Waals surface area contributed by atoms with Gasteiger partial charge in [0.2, 0.25) is 0 Å². The monoisotopic (exact) mass is 314 g/mol. The van der Waals surface area contributed by atoms with E-state index in [1.807, 2.05) is 42.5 Å². The van der Waals surface area contributed by atoms with E-state index in [0.717, 1.165) is 15.8 Å². The van der Waals surface area contributed by atoms with E-state index in [4.69, 9.17) is 4.74 Å². The zero-order valence-corrected chi connectivity index (χ0v) is 14.6. The molecule has 124 valence electrons. The highest BCUT2D eigenvalue weighted by molar-refractivity contribution is 5.63. The summed E-state index contributed by atoms with van der Waals surface area (Å²) >= 11 is 0. The zero-order valence-electron chi connectivity index (χ0n) is 14.6. The Morgan fingerprint density at radius 1 is 0.913 bits per heavy atom. The van der Waals surface area contributed by atoms with Crippen molar-refractivity contribution in [1.82, 2.24) is 0 Å². The van der Waals surface area contributed by atoms with Crippen LogP contribution in [0.2, 0.25) is 0 Å². The van der Waals surface area contributed by atoms with E-state index in [2.05, 4.69) is 40.1 Å². The van der Waals surface area contributed by atoms with Crippen LogP contribution in [0.4, 0.5) is 0 Å². The van der Waals surface area contributed by atoms with Crippen LogP contribution in [0, 0.1) is 0 Å². The van der Waals surface area contributed by atoms with E-state index < -0.39 is 6.10 Å². The molecule has 2 rings (SSSR count). The highest BCUT2D eigenvalue weighted by atomic mass is 16.5. The van der Waals surface area contributed by atoms with Crippen LogP contribution in [0.3, 0.4) is 0 Å². The molecule has 0 amide bonds. The molecule has 1 N–H and O–H groups in total. The summed E-state index contributed by atoms with van der Waals surface area (Å²) in [6, 6.07) is 18.7. The number of aliphatic hydroxyl groups excluding tert-OH is 1. The first-order valence-electron chi connectivity index (χ1n) is 8.17. The fourth-order valence-electron chi connectivity index (χ4n) is 2.37. The minimum atomic E-state index is -0.471. The van der Waals surface area contributed by atoms with Crippen LogP contribution in [0.5, 0.6) is 5.75 Å². The maximum Gasteiger partial charge on any atom is 0.137 e. The Morgan fingerprint density at radius 3 is 2.04 bits per heavy atom. The molecule has 0 aliphatic carbocycles. The van der Waals surface area contributed by atoms with Crippen LogP contribution in [-0.2, 0) is 0 Å². The largest absolute Gasteiger partial charge is 0.491 e. The molecule has 0 fully saturated rings. The Morgan fingerprint density at radius 2 is 1.48 bits per heavy atom. The standard InChI is InChI=1S/C20H28NO2/c1-16(2)21(3,4)14-19(22)15-23-20-12-10-18(11-13-20)17-8-6-5-7-9-17/h5-13,16,19,22H,14-15H2,1-4H3/q+1/t19-/m1/s1. The maximum absolute atomic E-state index is 10.2. The second-order valence-electron chi connectivity index (χ2n) is 6.91. The minimum Gasteiger partial charge on any atom is -0.491 e. The van der Waals surface area contributed by atoms with Gasteiger partial charge in [-0.05, 0) is 37.1 Å². The fourth-order valence-corrected chi connectivity index (χ4v) is 2.37. The van der Waals surface area contributed by atoms with Crippen molar-refractivity contribution in [3.63, 3.8) is 0 Å². The van der Waals surface area contributed by atoms with E-state index in [9.17, 15) is 5.11 Å². The number of nitrogens with zero attached hydrogens (tertiary/aromatic N) is 1. The minimum absolute atomic E-state index is 0.319. The summed E-state index contributed by atoms with van der Waals surface area (Å²) in [5, 5.41) is 10.2. The van der Waals surface area contributed by atoms with Gasteiger partial charge >= 0.3 is 0 Å². The van der Waals surface area contributed by atoms with Gasteiger partial charge in [-0.3, -0.25) is 0 Å². The number of likely N-dealkylation sites (N-methyl/N-ethyl adjacent to an activating group) is 1. The molecule has 0 radical (unpaired) electrons. The molecule has 3 nitrogen and oxygen atoms in total. The van der Waals surface area contributed by atoms with E-state index >= 15 is 0 Å². The SMILES string of the molecule is CC(C)[N+](C)(C)C[C@@H](O)COc1ccc(-c2ccccc2)cc1. The lowest BCUT2D eigenvalue weighted by Gasteiger charge is -2.35. The molecule has 0 unspecified atom stereocenters. The Bertz CT molecular complexity index is 591. The lowest BCUT2D eigenvalue weighted by Crippen LogP contribution is -2.51. The summed E-state index contributed by atoms with van der Waals surface area (Å²) in [4.78, 5) is 0. The molecule has 0 aromatic heterocycles. The summed E-state index contributed by atoms with van der Waals surface area (Å²) in [7, 11) is 4.26. The van der Waals surface area contributed by atoms with Gasteiger partial charge in [-0.25, -0.2) is 0 Å². The zero-order chi connectivity index (χ0) is 16.9. The first kappa shape index (κ1) is 17.5. The predicted molar refractivity (Wildman–Crippen MR) is 95.5 cm³/mol. The average Bonchev–Trinajstić information content (AvgIpc) is 2.54. The van der Waals surface area contributed by atoms with Crippen molar-refractivity contribution in [2.24, 2.45) is 0 Å². The predicted octanol–water partition coefficient (Wildman–Crippen LogP) is 3.58. The Hall–Kier alpha value is -1.84. The molecule has 23 heavy (non-hydrogen) atoms. The second-order valence-corrected chi connectivity index (χ2v) is 6.91. The Kier molecular flexibility index (Phi) is 5.80. The van der Waals surface area contributed by atoms with Crippen molar-refractivity contribution in [3.8, 4) is 16.9 Å². The van der Waals surface area contributed by atoms with Crippen molar-refractivity contribution < 1.29 is 14.3 Å². The summed E-state index contributed by atoms with van der Waals surface area (Å²) in [6.07, 6.45) is -0.471. The lowest BCUT2D eigenvalue weighted by atomic mass is 10.1. The Balaban J connectivity index is 1.89. The van der Waals surface area contributed by atoms with Gasteiger partial charge in [0.15, 0.2) is 0 Å². The fraction of sp³-hybridized carbons (Fsp3) is 0.400. The smallest absolute Gasteiger partial charge is 0.137 e. The molecule has 2 aromatic carbocycles. The van der Waals surface area contributed by atoms with Crippen LogP contribution in [0.1, 0.15) is 13.8 Å². The third-order valence-corrected chi connectivity index (χ3v) is 4.48. The van der Waals surface area contributed by atoms with Gasteiger partial charge < -0.3 is 14.3 Å². The van der Waals surface area contributed by atoms with Gasteiger partial charge in [-0.1, -0.05) is 42.5 Å². The molecule has 2 aromatic rings. The highest BCUT2D eigenvalue weighted by Gasteiger charge is 2.24. The molecule has 0 bridgehead atoms. The van der Waals surface area contributed by atoms with E-state index in [1.165, 1.54) is 5.56 Å². The third-order valence-electron chi connectivity index (χ3n) is 4.48. The van der Waals surface area contributed by atoms with E-state index in [-0.39, 0.29) is 0 Å². The van der Waals surface area contributed by atoms with Crippen LogP contribution in [0.25, 0.3) is 11.1 Å². The van der Waals surface area contributed by atoms with Crippen molar-refractivity contribution in [2.45, 2.75) is 26.0 Å². The van der Waals surface area contributed by atoms with Crippen molar-refractivity contribution in [1.29, 1.82) is 0 Å². The van der Waals surface area contributed by atoms with Crippen molar-refractivity contribution in [3.05, 3.63) is 54.6 Å². The summed E-state index contributed by atoms with van der Waals surface area (Å²) in [5.74, 6) is 0.790. The summed E-state index contributed by atoms with van der Waals surface area (Å²) in [6.45, 7) is 5.32. The number of hydrogen-bond donors (Lipinski definition) is 1. The number of rotatable bonds is 7. The number of hydrogen-bond acceptors (Lipinski definition) is 2. The van der Waals surface area contributed by atoms with Crippen LogP contribution < -0.4 is 4.74 Å². The molecule has 1 atom stereocenters. The van der Waals surface area contributed by atoms with Crippen molar-refractivity contribution in [2.75, 3.05) is 27.2 Å². The molecular formula is C20H28NO2+. The Labute approximate surface area is 139 Å². The van der Waals surface area contributed by atoms with Crippen LogP contribution in [-0.4, -0.2) is 49.0 Å². The maximum atomic E-state index is 10.2. The van der Waals surface area contributed by atoms with Gasteiger partial charge in [0.25, 0.3) is 0 Å². The molecule has 0 aliphatic rings. The quantitative estimate of drug-likeness (QED) is 0.792. The normalized spacial score (nSPS) is 13.1. The van der Waals surface area contributed by atoms with Gasteiger partial charge in [0, 0.05) is 0 Å². The number of quaternary nitrogens is 1. The van der Waals surface area contributed by atoms with Gasteiger partial charge in [0.1, 0.15) is 25.0 Å². The lowest BCUT2D eigenvalue weighted by molar-refractivity contribution is -0.914. The van der Waals surface area contributed by atoms with Gasteiger partial charge in [0.05, 0.1) is 20.1 Å². The molecule has 0 saturated heterocycles. The molecule has 0 heterocycles. The highest BCUT2D eigenvalue weighted by Crippen LogP contribution is 2.22. The number of ether oxygens (including phenoxy) is 1. The first-order chi connectivity index (χ1) is 10.9. The first-order valence-corrected chi connectivity index (χ1v) is 8.17. The average molecular weight is 314 g/mol. The van der Waals surface area contributed by atoms with Gasteiger partial charge in [-0.2, -0.15) is 0 Å². The van der Waals surface area contributed by atoms with E-state index in [1.54, 1.807) is 0 Å². The topological polar surface area (TPSA) is 29.5 Å². The number of aliphatic hydroxyl groups is 1.